The number of anilines is 1. The highest BCUT2D eigenvalue weighted by atomic mass is 32.2. The first kappa shape index (κ1) is 20.4. The maximum Gasteiger partial charge on any atom is 0.244 e. The first-order valence-corrected chi connectivity index (χ1v) is 11.4. The molecule has 1 aliphatic rings. The van der Waals surface area contributed by atoms with E-state index in [0.29, 0.717) is 25.5 Å². The summed E-state index contributed by atoms with van der Waals surface area (Å²) in [7, 11) is -1.82. The van der Waals surface area contributed by atoms with E-state index in [9.17, 15) is 8.42 Å². The molecule has 0 amide bonds. The molecule has 2 aromatic heterocycles. The van der Waals surface area contributed by atoms with Gasteiger partial charge in [0.15, 0.2) is 0 Å². The second kappa shape index (κ2) is 8.85. The minimum atomic E-state index is -3.46. The van der Waals surface area contributed by atoms with Crippen LogP contribution in [0, 0.1) is 0 Å². The molecule has 0 spiro atoms. The highest BCUT2D eigenvalue weighted by Gasteiger charge is 2.26. The molecule has 0 unspecified atom stereocenters. The van der Waals surface area contributed by atoms with Gasteiger partial charge in [0.25, 0.3) is 0 Å². The van der Waals surface area contributed by atoms with E-state index in [1.165, 1.54) is 6.20 Å². The summed E-state index contributed by atoms with van der Waals surface area (Å²) >= 11 is 0. The van der Waals surface area contributed by atoms with Crippen LogP contribution < -0.4 is 10.1 Å². The number of hydrogen-bond donors (Lipinski definition) is 1. The van der Waals surface area contributed by atoms with E-state index in [-0.39, 0.29) is 4.90 Å². The molecule has 0 radical (unpaired) electrons. The minimum absolute atomic E-state index is 0.235. The number of nitrogens with one attached hydrogen (secondary N) is 1. The standard InChI is InChI=1S/C21H25N5O3S/c1-29-19-7-5-18(6-8-19)26-14-11-17(24-26)15-22-21-10-9-20(16-23-21)30(27,28)25-12-3-2-4-13-25/h5-11,14,16H,2-4,12-13,15H2,1H3,(H,22,23). The fraction of sp³-hybridized carbons (Fsp3) is 0.333. The molecule has 0 saturated carbocycles. The van der Waals surface area contributed by atoms with Crippen molar-refractivity contribution in [2.45, 2.75) is 30.7 Å². The first-order chi connectivity index (χ1) is 14.6. The van der Waals surface area contributed by atoms with Crippen LogP contribution in [0.5, 0.6) is 5.75 Å². The Hall–Kier alpha value is -2.91. The van der Waals surface area contributed by atoms with Gasteiger partial charge in [-0.1, -0.05) is 6.42 Å². The van der Waals surface area contributed by atoms with E-state index in [1.54, 1.807) is 28.2 Å². The lowest BCUT2D eigenvalue weighted by Gasteiger charge is -2.25. The van der Waals surface area contributed by atoms with E-state index >= 15 is 0 Å². The van der Waals surface area contributed by atoms with Crippen molar-refractivity contribution < 1.29 is 13.2 Å². The molecule has 0 aliphatic carbocycles. The van der Waals surface area contributed by atoms with Crippen molar-refractivity contribution in [2.75, 3.05) is 25.5 Å². The van der Waals surface area contributed by atoms with Gasteiger partial charge >= 0.3 is 0 Å². The topological polar surface area (TPSA) is 89.4 Å². The Morgan fingerprint density at radius 1 is 1.03 bits per heavy atom. The SMILES string of the molecule is COc1ccc(-n2ccc(CNc3ccc(S(=O)(=O)N4CCCCC4)cn3)n2)cc1. The van der Waals surface area contributed by atoms with Crippen LogP contribution in [0.25, 0.3) is 5.69 Å². The van der Waals surface area contributed by atoms with Crippen molar-refractivity contribution in [1.82, 2.24) is 19.1 Å². The molecule has 3 heterocycles. The maximum atomic E-state index is 12.7. The average Bonchev–Trinajstić information content (AvgIpc) is 3.28. The Kier molecular flexibility index (Phi) is 6.01. The molecule has 1 saturated heterocycles. The van der Waals surface area contributed by atoms with Crippen molar-refractivity contribution in [3.63, 3.8) is 0 Å². The number of methoxy groups -OCH3 is 1. The van der Waals surface area contributed by atoms with Crippen LogP contribution in [-0.2, 0) is 16.6 Å². The van der Waals surface area contributed by atoms with Crippen molar-refractivity contribution in [1.29, 1.82) is 0 Å². The van der Waals surface area contributed by atoms with Crippen LogP contribution in [0.2, 0.25) is 0 Å². The number of pyridine rings is 1. The summed E-state index contributed by atoms with van der Waals surface area (Å²) in [5.41, 5.74) is 1.78. The molecule has 3 aromatic rings. The zero-order valence-corrected chi connectivity index (χ0v) is 17.7. The minimum Gasteiger partial charge on any atom is -0.497 e. The van der Waals surface area contributed by atoms with Crippen LogP contribution in [0.4, 0.5) is 5.82 Å². The summed E-state index contributed by atoms with van der Waals surface area (Å²) in [4.78, 5) is 4.51. The van der Waals surface area contributed by atoms with Gasteiger partial charge in [0.2, 0.25) is 10.0 Å². The maximum absolute atomic E-state index is 12.7. The predicted molar refractivity (Wildman–Crippen MR) is 114 cm³/mol. The molecule has 9 heteroatoms. The fourth-order valence-corrected chi connectivity index (χ4v) is 4.87. The van der Waals surface area contributed by atoms with Crippen LogP contribution >= 0.6 is 0 Å². The molecule has 1 aliphatic heterocycles. The fourth-order valence-electron chi connectivity index (χ4n) is 3.41. The third kappa shape index (κ3) is 4.47. The summed E-state index contributed by atoms with van der Waals surface area (Å²) in [6.07, 6.45) is 6.22. The second-order valence-electron chi connectivity index (χ2n) is 7.15. The number of hydrogen-bond acceptors (Lipinski definition) is 6. The van der Waals surface area contributed by atoms with Crippen molar-refractivity contribution in [3.05, 3.63) is 60.6 Å². The average molecular weight is 428 g/mol. The zero-order valence-electron chi connectivity index (χ0n) is 16.9. The monoisotopic (exact) mass is 427 g/mol. The summed E-state index contributed by atoms with van der Waals surface area (Å²) in [5, 5.41) is 7.74. The van der Waals surface area contributed by atoms with Gasteiger partial charge in [0, 0.05) is 25.5 Å². The number of sulfonamides is 1. The lowest BCUT2D eigenvalue weighted by molar-refractivity contribution is 0.346. The zero-order chi connectivity index (χ0) is 21.0. The molecule has 1 fully saturated rings. The highest BCUT2D eigenvalue weighted by molar-refractivity contribution is 7.89. The second-order valence-corrected chi connectivity index (χ2v) is 9.09. The van der Waals surface area contributed by atoms with Gasteiger partial charge in [-0.3, -0.25) is 0 Å². The van der Waals surface area contributed by atoms with E-state index < -0.39 is 10.0 Å². The normalized spacial score (nSPS) is 15.1. The van der Waals surface area contributed by atoms with Gasteiger partial charge in [-0.05, 0) is 55.3 Å². The largest absolute Gasteiger partial charge is 0.497 e. The molecule has 8 nitrogen and oxygen atoms in total. The molecule has 4 rings (SSSR count). The molecule has 30 heavy (non-hydrogen) atoms. The van der Waals surface area contributed by atoms with Gasteiger partial charge in [-0.2, -0.15) is 9.40 Å². The molecular formula is C21H25N5O3S. The summed E-state index contributed by atoms with van der Waals surface area (Å²) in [5.74, 6) is 1.40. The van der Waals surface area contributed by atoms with Crippen LogP contribution in [0.1, 0.15) is 25.0 Å². The molecule has 0 atom stereocenters. The predicted octanol–water partition coefficient (Wildman–Crippen LogP) is 3.06. The number of aromatic nitrogens is 3. The molecule has 0 bridgehead atoms. The smallest absolute Gasteiger partial charge is 0.244 e. The Bertz CT molecular complexity index is 1070. The van der Waals surface area contributed by atoms with E-state index in [0.717, 1.165) is 36.4 Å². The Morgan fingerprint density at radius 2 is 1.80 bits per heavy atom. The van der Waals surface area contributed by atoms with Crippen molar-refractivity contribution >= 4 is 15.8 Å². The summed E-state index contributed by atoms with van der Waals surface area (Å²) in [6, 6.07) is 12.9. The highest BCUT2D eigenvalue weighted by Crippen LogP contribution is 2.21. The lowest BCUT2D eigenvalue weighted by atomic mass is 10.2. The first-order valence-electron chi connectivity index (χ1n) is 9.95. The van der Waals surface area contributed by atoms with Gasteiger partial charge in [0.05, 0.1) is 25.0 Å². The lowest BCUT2D eigenvalue weighted by Crippen LogP contribution is -2.35. The number of rotatable bonds is 7. The van der Waals surface area contributed by atoms with Gasteiger partial charge in [-0.25, -0.2) is 18.1 Å². The van der Waals surface area contributed by atoms with Gasteiger partial charge < -0.3 is 10.1 Å². The summed E-state index contributed by atoms with van der Waals surface area (Å²) in [6.45, 7) is 1.65. The van der Waals surface area contributed by atoms with Crippen LogP contribution in [0.15, 0.2) is 59.8 Å². The van der Waals surface area contributed by atoms with Gasteiger partial charge in [-0.15, -0.1) is 0 Å². The number of ether oxygens (including phenoxy) is 1. The molecule has 158 valence electrons. The van der Waals surface area contributed by atoms with E-state index in [1.807, 2.05) is 36.5 Å². The van der Waals surface area contributed by atoms with E-state index in [4.69, 9.17) is 4.74 Å². The number of nitrogens with zero attached hydrogens (tertiary/aromatic N) is 4. The number of benzene rings is 1. The Labute approximate surface area is 176 Å². The van der Waals surface area contributed by atoms with E-state index in [2.05, 4.69) is 15.4 Å². The van der Waals surface area contributed by atoms with Crippen LogP contribution in [-0.4, -0.2) is 47.7 Å². The van der Waals surface area contributed by atoms with Crippen LogP contribution in [0.3, 0.4) is 0 Å². The molecule has 1 N–H and O–H groups in total. The number of piperidine rings is 1. The quantitative estimate of drug-likeness (QED) is 0.623. The Balaban J connectivity index is 1.38. The molecule has 1 aromatic carbocycles. The van der Waals surface area contributed by atoms with Crippen molar-refractivity contribution in [3.8, 4) is 11.4 Å². The molecular weight excluding hydrogens is 402 g/mol. The third-order valence-corrected chi connectivity index (χ3v) is 7.00. The Morgan fingerprint density at radius 3 is 2.47 bits per heavy atom. The van der Waals surface area contributed by atoms with Gasteiger partial charge in [0.1, 0.15) is 16.5 Å². The van der Waals surface area contributed by atoms with Crippen molar-refractivity contribution in [2.24, 2.45) is 0 Å². The third-order valence-electron chi connectivity index (χ3n) is 5.12. The summed E-state index contributed by atoms with van der Waals surface area (Å²) < 4.78 is 33.9.